The lowest BCUT2D eigenvalue weighted by molar-refractivity contribution is 0.0465. The van der Waals surface area contributed by atoms with E-state index in [2.05, 4.69) is 6.58 Å². The molecule has 0 spiro atoms. The van der Waals surface area contributed by atoms with Gasteiger partial charge in [-0.15, -0.1) is 0 Å². The van der Waals surface area contributed by atoms with E-state index in [1.165, 1.54) is 0 Å². The van der Waals surface area contributed by atoms with E-state index in [1.807, 2.05) is 48.6 Å². The standard InChI is InChI=1S/C18H16O2/c1-2-17(14-13-15-9-5-3-6-10-15)20-18(19)16-11-7-4-8-12-16/h2-14,17H,1H2/b14-13+. The average molecular weight is 264 g/mol. The predicted octanol–water partition coefficient (Wildman–Crippen LogP) is 4.11. The van der Waals surface area contributed by atoms with E-state index >= 15 is 0 Å². The van der Waals surface area contributed by atoms with Crippen LogP contribution in [0.4, 0.5) is 0 Å². The Morgan fingerprint density at radius 1 is 1.00 bits per heavy atom. The molecule has 2 aromatic rings. The highest BCUT2D eigenvalue weighted by Crippen LogP contribution is 2.08. The molecule has 2 rings (SSSR count). The van der Waals surface area contributed by atoms with Gasteiger partial charge in [-0.2, -0.15) is 0 Å². The lowest BCUT2D eigenvalue weighted by Gasteiger charge is -2.10. The van der Waals surface area contributed by atoms with E-state index in [1.54, 1.807) is 30.3 Å². The minimum atomic E-state index is -0.442. The quantitative estimate of drug-likeness (QED) is 0.600. The van der Waals surface area contributed by atoms with Crippen LogP contribution >= 0.6 is 0 Å². The normalized spacial score (nSPS) is 12.0. The van der Waals surface area contributed by atoms with Gasteiger partial charge in [0.2, 0.25) is 0 Å². The molecule has 0 amide bonds. The van der Waals surface area contributed by atoms with Crippen LogP contribution in [0.5, 0.6) is 0 Å². The lowest BCUT2D eigenvalue weighted by Crippen LogP contribution is -2.13. The average Bonchev–Trinajstić information content (AvgIpc) is 2.53. The molecule has 0 radical (unpaired) electrons. The SMILES string of the molecule is C=CC(/C=C/c1ccccc1)OC(=O)c1ccccc1. The Morgan fingerprint density at radius 3 is 2.20 bits per heavy atom. The van der Waals surface area contributed by atoms with Gasteiger partial charge in [-0.3, -0.25) is 0 Å². The fraction of sp³-hybridized carbons (Fsp3) is 0.0556. The van der Waals surface area contributed by atoms with Crippen LogP contribution in [-0.2, 0) is 4.74 Å². The zero-order valence-electron chi connectivity index (χ0n) is 11.1. The number of benzene rings is 2. The molecule has 0 aliphatic carbocycles. The Morgan fingerprint density at radius 2 is 1.60 bits per heavy atom. The number of esters is 1. The van der Waals surface area contributed by atoms with Crippen molar-refractivity contribution in [3.05, 3.63) is 90.5 Å². The maximum absolute atomic E-state index is 11.9. The summed E-state index contributed by atoms with van der Waals surface area (Å²) in [7, 11) is 0. The van der Waals surface area contributed by atoms with Gasteiger partial charge in [-0.25, -0.2) is 4.79 Å². The van der Waals surface area contributed by atoms with Crippen LogP contribution in [0.1, 0.15) is 15.9 Å². The molecule has 0 fully saturated rings. The highest BCUT2D eigenvalue weighted by atomic mass is 16.5. The van der Waals surface area contributed by atoms with Gasteiger partial charge >= 0.3 is 5.97 Å². The van der Waals surface area contributed by atoms with Crippen molar-refractivity contribution >= 4 is 12.0 Å². The first-order valence-corrected chi connectivity index (χ1v) is 6.41. The van der Waals surface area contributed by atoms with Crippen molar-refractivity contribution in [3.8, 4) is 0 Å². The van der Waals surface area contributed by atoms with Crippen molar-refractivity contribution in [2.45, 2.75) is 6.10 Å². The maximum atomic E-state index is 11.9. The van der Waals surface area contributed by atoms with Gasteiger partial charge in [-0.05, 0) is 29.8 Å². The molecule has 2 aromatic carbocycles. The first-order valence-electron chi connectivity index (χ1n) is 6.41. The molecule has 0 N–H and O–H groups in total. The van der Waals surface area contributed by atoms with Gasteiger partial charge in [-0.1, -0.05) is 61.2 Å². The van der Waals surface area contributed by atoms with Crippen LogP contribution in [0.25, 0.3) is 6.08 Å². The molecule has 2 nitrogen and oxygen atoms in total. The largest absolute Gasteiger partial charge is 0.450 e. The van der Waals surface area contributed by atoms with E-state index in [9.17, 15) is 4.79 Å². The van der Waals surface area contributed by atoms with Gasteiger partial charge < -0.3 is 4.74 Å². The summed E-state index contributed by atoms with van der Waals surface area (Å²) in [5.41, 5.74) is 1.59. The summed E-state index contributed by atoms with van der Waals surface area (Å²) in [5, 5.41) is 0. The molecule has 100 valence electrons. The van der Waals surface area contributed by atoms with Crippen molar-refractivity contribution in [1.82, 2.24) is 0 Å². The number of rotatable bonds is 5. The van der Waals surface area contributed by atoms with Crippen molar-refractivity contribution in [2.24, 2.45) is 0 Å². The van der Waals surface area contributed by atoms with Crippen molar-refractivity contribution in [1.29, 1.82) is 0 Å². The van der Waals surface area contributed by atoms with Crippen LogP contribution in [0.15, 0.2) is 79.4 Å². The van der Waals surface area contributed by atoms with E-state index in [-0.39, 0.29) is 5.97 Å². The van der Waals surface area contributed by atoms with Crippen LogP contribution in [-0.4, -0.2) is 12.1 Å². The van der Waals surface area contributed by atoms with E-state index in [0.717, 1.165) is 5.56 Å². The molecule has 0 aromatic heterocycles. The third kappa shape index (κ3) is 3.95. The first kappa shape index (κ1) is 13.8. The Labute approximate surface area is 119 Å². The Bertz CT molecular complexity index is 585. The van der Waals surface area contributed by atoms with Gasteiger partial charge in [0.25, 0.3) is 0 Å². The van der Waals surface area contributed by atoms with Crippen LogP contribution in [0.3, 0.4) is 0 Å². The third-order valence-corrected chi connectivity index (χ3v) is 2.76. The monoisotopic (exact) mass is 264 g/mol. The number of carbonyl (C=O) groups excluding carboxylic acids is 1. The summed E-state index contributed by atoms with van der Waals surface area (Å²) < 4.78 is 5.36. The lowest BCUT2D eigenvalue weighted by atomic mass is 10.2. The van der Waals surface area contributed by atoms with Gasteiger partial charge in [0.1, 0.15) is 6.10 Å². The van der Waals surface area contributed by atoms with Crippen LogP contribution < -0.4 is 0 Å². The summed E-state index contributed by atoms with van der Waals surface area (Å²) in [5.74, 6) is -0.354. The van der Waals surface area contributed by atoms with E-state index in [4.69, 9.17) is 4.74 Å². The zero-order chi connectivity index (χ0) is 14.2. The van der Waals surface area contributed by atoms with Gasteiger partial charge in [0.05, 0.1) is 5.56 Å². The second-order valence-electron chi connectivity index (χ2n) is 4.24. The molecule has 0 saturated carbocycles. The van der Waals surface area contributed by atoms with Crippen molar-refractivity contribution in [3.63, 3.8) is 0 Å². The predicted molar refractivity (Wildman–Crippen MR) is 81.3 cm³/mol. The molecule has 0 aliphatic heterocycles. The number of carbonyl (C=O) groups is 1. The van der Waals surface area contributed by atoms with E-state index in [0.29, 0.717) is 5.56 Å². The number of ether oxygens (including phenoxy) is 1. The Kier molecular flexibility index (Phi) is 4.90. The first-order chi connectivity index (χ1) is 9.79. The van der Waals surface area contributed by atoms with E-state index < -0.39 is 6.10 Å². The second-order valence-corrected chi connectivity index (χ2v) is 4.24. The highest BCUT2D eigenvalue weighted by Gasteiger charge is 2.10. The summed E-state index contributed by atoms with van der Waals surface area (Å²) in [6.07, 6.45) is 4.87. The zero-order valence-corrected chi connectivity index (χ0v) is 11.1. The fourth-order valence-electron chi connectivity index (χ4n) is 1.70. The topological polar surface area (TPSA) is 26.3 Å². The molecule has 1 atom stereocenters. The fourth-order valence-corrected chi connectivity index (χ4v) is 1.70. The third-order valence-electron chi connectivity index (χ3n) is 2.76. The minimum Gasteiger partial charge on any atom is -0.450 e. The van der Waals surface area contributed by atoms with Gasteiger partial charge in [0.15, 0.2) is 0 Å². The highest BCUT2D eigenvalue weighted by molar-refractivity contribution is 5.89. The molecular formula is C18H16O2. The molecule has 20 heavy (non-hydrogen) atoms. The molecule has 2 heteroatoms. The minimum absolute atomic E-state index is 0.354. The second kappa shape index (κ2) is 7.10. The number of hydrogen-bond donors (Lipinski definition) is 0. The maximum Gasteiger partial charge on any atom is 0.339 e. The van der Waals surface area contributed by atoms with Crippen LogP contribution in [0.2, 0.25) is 0 Å². The van der Waals surface area contributed by atoms with Crippen molar-refractivity contribution in [2.75, 3.05) is 0 Å². The summed E-state index contributed by atoms with van der Waals surface area (Å²) in [6, 6.07) is 18.8. The van der Waals surface area contributed by atoms with Gasteiger partial charge in [0, 0.05) is 0 Å². The molecular weight excluding hydrogens is 248 g/mol. The number of hydrogen-bond acceptors (Lipinski definition) is 2. The molecule has 0 saturated heterocycles. The van der Waals surface area contributed by atoms with Crippen LogP contribution in [0, 0.1) is 0 Å². The Hall–Kier alpha value is -2.61. The smallest absolute Gasteiger partial charge is 0.339 e. The molecule has 0 aliphatic rings. The summed E-state index contributed by atoms with van der Waals surface area (Å²) in [4.78, 5) is 11.9. The molecule has 0 bridgehead atoms. The summed E-state index contributed by atoms with van der Waals surface area (Å²) >= 11 is 0. The Balaban J connectivity index is 2.01. The molecule has 1 unspecified atom stereocenters. The summed E-state index contributed by atoms with van der Waals surface area (Å²) in [6.45, 7) is 3.69. The molecule has 0 heterocycles. The van der Waals surface area contributed by atoms with Crippen molar-refractivity contribution < 1.29 is 9.53 Å².